The molecule has 1 aliphatic rings. The molecule has 0 radical (unpaired) electrons. The van der Waals surface area contributed by atoms with Crippen LogP contribution in [-0.4, -0.2) is 21.3 Å². The number of allylic oxidation sites excluding steroid dienone is 2. The highest BCUT2D eigenvalue weighted by atomic mass is 35.5. The first kappa shape index (κ1) is 17.4. The summed E-state index contributed by atoms with van der Waals surface area (Å²) in [6, 6.07) is 7.88. The van der Waals surface area contributed by atoms with E-state index in [9.17, 15) is 17.6 Å². The summed E-state index contributed by atoms with van der Waals surface area (Å²) in [6.07, 6.45) is 0. The number of ether oxygens (including phenoxy) is 1. The number of methoxy groups -OCH3 is 1. The van der Waals surface area contributed by atoms with E-state index in [4.69, 9.17) is 16.3 Å². The van der Waals surface area contributed by atoms with Crippen LogP contribution in [0.2, 0.25) is 5.02 Å². The van der Waals surface area contributed by atoms with Gasteiger partial charge in [-0.15, -0.1) is 0 Å². The van der Waals surface area contributed by atoms with Crippen molar-refractivity contribution in [3.8, 4) is 5.75 Å². The summed E-state index contributed by atoms with van der Waals surface area (Å²) < 4.78 is 44.4. The lowest BCUT2D eigenvalue weighted by atomic mass is 10.1. The molecule has 1 aliphatic heterocycles. The third-order valence-electron chi connectivity index (χ3n) is 3.79. The number of carbonyl (C=O) groups excluding carboxylic acids is 1. The number of nitrogens with one attached hydrogen (secondary N) is 1. The van der Waals surface area contributed by atoms with E-state index in [0.717, 1.165) is 12.1 Å². The van der Waals surface area contributed by atoms with Crippen molar-refractivity contribution < 1.29 is 22.3 Å². The molecule has 5 nitrogen and oxygen atoms in total. The monoisotopic (exact) mass is 381 g/mol. The van der Waals surface area contributed by atoms with Gasteiger partial charge in [-0.25, -0.2) is 12.8 Å². The summed E-state index contributed by atoms with van der Waals surface area (Å²) >= 11 is 5.93. The maximum Gasteiger partial charge on any atom is 0.214 e. The Kier molecular flexibility index (Phi) is 4.30. The molecule has 1 heterocycles. The van der Waals surface area contributed by atoms with Gasteiger partial charge in [-0.3, -0.25) is 4.79 Å². The molecular weight excluding hydrogens is 369 g/mol. The Morgan fingerprint density at radius 1 is 1.20 bits per heavy atom. The number of rotatable bonds is 3. The fraction of sp³-hybridized carbons (Fsp3) is 0.118. The van der Waals surface area contributed by atoms with Gasteiger partial charge < -0.3 is 10.1 Å². The predicted molar refractivity (Wildman–Crippen MR) is 92.2 cm³/mol. The minimum Gasteiger partial charge on any atom is -0.497 e. The SMILES string of the molecule is COc1ccc(C(=O)C2=C(C)Nc3c(Cl)cc(F)cc3S2(=O)=O)cc1. The normalized spacial score (nSPS) is 15.4. The van der Waals surface area contributed by atoms with Crippen LogP contribution in [0.4, 0.5) is 10.1 Å². The van der Waals surface area contributed by atoms with E-state index in [-0.39, 0.29) is 26.9 Å². The molecule has 0 bridgehead atoms. The fourth-order valence-corrected chi connectivity index (χ4v) is 4.65. The number of benzene rings is 2. The van der Waals surface area contributed by atoms with Crippen LogP contribution in [0, 0.1) is 5.82 Å². The van der Waals surface area contributed by atoms with Crippen molar-refractivity contribution in [1.82, 2.24) is 0 Å². The topological polar surface area (TPSA) is 72.5 Å². The van der Waals surface area contributed by atoms with Crippen molar-refractivity contribution in [2.45, 2.75) is 11.8 Å². The van der Waals surface area contributed by atoms with E-state index < -0.39 is 26.3 Å². The number of ketones is 1. The van der Waals surface area contributed by atoms with Gasteiger partial charge in [0.25, 0.3) is 0 Å². The van der Waals surface area contributed by atoms with E-state index in [1.165, 1.54) is 26.2 Å². The minimum atomic E-state index is -4.23. The van der Waals surface area contributed by atoms with Gasteiger partial charge in [0.05, 0.1) is 22.7 Å². The summed E-state index contributed by atoms with van der Waals surface area (Å²) in [7, 11) is -2.75. The van der Waals surface area contributed by atoms with Crippen LogP contribution in [0.15, 0.2) is 51.9 Å². The zero-order valence-corrected chi connectivity index (χ0v) is 14.8. The molecule has 0 saturated carbocycles. The summed E-state index contributed by atoms with van der Waals surface area (Å²) in [4.78, 5) is 12.0. The Hall–Kier alpha value is -2.38. The molecule has 0 aromatic heterocycles. The molecule has 0 atom stereocenters. The molecule has 1 N–H and O–H groups in total. The Balaban J connectivity index is 2.14. The second-order valence-electron chi connectivity index (χ2n) is 5.40. The fourth-order valence-electron chi connectivity index (χ4n) is 2.60. The first-order chi connectivity index (χ1) is 11.8. The molecule has 0 amide bonds. The van der Waals surface area contributed by atoms with Crippen LogP contribution in [0.3, 0.4) is 0 Å². The van der Waals surface area contributed by atoms with Crippen molar-refractivity contribution in [3.63, 3.8) is 0 Å². The number of halogens is 2. The molecule has 8 heteroatoms. The quantitative estimate of drug-likeness (QED) is 0.819. The highest BCUT2D eigenvalue weighted by molar-refractivity contribution is 7.96. The number of hydrogen-bond donors (Lipinski definition) is 1. The Morgan fingerprint density at radius 2 is 1.84 bits per heavy atom. The van der Waals surface area contributed by atoms with Gasteiger partial charge in [-0.1, -0.05) is 11.6 Å². The van der Waals surface area contributed by atoms with Gasteiger partial charge in [0, 0.05) is 11.3 Å². The molecule has 0 saturated heterocycles. The second-order valence-corrected chi connectivity index (χ2v) is 7.66. The number of Topliss-reactive ketones (excluding diaryl/α,β-unsaturated/α-hetero) is 1. The predicted octanol–water partition coefficient (Wildman–Crippen LogP) is 3.80. The van der Waals surface area contributed by atoms with Crippen LogP contribution in [0.1, 0.15) is 17.3 Å². The van der Waals surface area contributed by atoms with E-state index in [1.54, 1.807) is 12.1 Å². The number of anilines is 1. The van der Waals surface area contributed by atoms with Crippen LogP contribution < -0.4 is 10.1 Å². The van der Waals surface area contributed by atoms with Gasteiger partial charge >= 0.3 is 0 Å². The second kappa shape index (κ2) is 6.16. The van der Waals surface area contributed by atoms with Gasteiger partial charge in [-0.05, 0) is 43.3 Å². The number of fused-ring (bicyclic) bond motifs is 1. The van der Waals surface area contributed by atoms with Crippen LogP contribution in [0.25, 0.3) is 0 Å². The van der Waals surface area contributed by atoms with Crippen molar-refractivity contribution in [1.29, 1.82) is 0 Å². The summed E-state index contributed by atoms with van der Waals surface area (Å²) in [6.45, 7) is 1.46. The molecule has 2 aromatic rings. The third kappa shape index (κ3) is 2.89. The summed E-state index contributed by atoms with van der Waals surface area (Å²) in [5.74, 6) is -0.963. The highest BCUT2D eigenvalue weighted by Gasteiger charge is 2.37. The zero-order chi connectivity index (χ0) is 18.4. The first-order valence-corrected chi connectivity index (χ1v) is 9.02. The summed E-state index contributed by atoms with van der Waals surface area (Å²) in [5, 5.41) is 2.72. The summed E-state index contributed by atoms with van der Waals surface area (Å²) in [5.41, 5.74) is 0.361. The van der Waals surface area contributed by atoms with E-state index >= 15 is 0 Å². The molecule has 0 unspecified atom stereocenters. The van der Waals surface area contributed by atoms with E-state index in [2.05, 4.69) is 5.32 Å². The van der Waals surface area contributed by atoms with E-state index in [1.807, 2.05) is 0 Å². The molecular formula is C17H13ClFNO4S. The maximum atomic E-state index is 13.6. The lowest BCUT2D eigenvalue weighted by Crippen LogP contribution is -2.24. The first-order valence-electron chi connectivity index (χ1n) is 7.16. The van der Waals surface area contributed by atoms with Crippen molar-refractivity contribution in [2.75, 3.05) is 12.4 Å². The van der Waals surface area contributed by atoms with E-state index in [0.29, 0.717) is 5.75 Å². The molecule has 2 aromatic carbocycles. The van der Waals surface area contributed by atoms with Crippen LogP contribution >= 0.6 is 11.6 Å². The maximum absolute atomic E-state index is 13.6. The Bertz CT molecular complexity index is 1010. The van der Waals surface area contributed by atoms with Crippen molar-refractivity contribution in [2.24, 2.45) is 0 Å². The molecule has 0 aliphatic carbocycles. The van der Waals surface area contributed by atoms with Gasteiger partial charge in [0.1, 0.15) is 16.5 Å². The third-order valence-corrected chi connectivity index (χ3v) is 6.02. The van der Waals surface area contributed by atoms with Crippen LogP contribution in [0.5, 0.6) is 5.75 Å². The lowest BCUT2D eigenvalue weighted by Gasteiger charge is -2.23. The zero-order valence-electron chi connectivity index (χ0n) is 13.3. The molecule has 130 valence electrons. The van der Waals surface area contributed by atoms with Gasteiger partial charge in [0.15, 0.2) is 0 Å². The highest BCUT2D eigenvalue weighted by Crippen LogP contribution is 2.40. The van der Waals surface area contributed by atoms with Crippen molar-refractivity contribution in [3.05, 3.63) is 63.4 Å². The minimum absolute atomic E-state index is 0.0619. The smallest absolute Gasteiger partial charge is 0.214 e. The largest absolute Gasteiger partial charge is 0.497 e. The number of sulfone groups is 1. The number of carbonyl (C=O) groups is 1. The molecule has 0 spiro atoms. The Morgan fingerprint density at radius 3 is 2.44 bits per heavy atom. The molecule has 25 heavy (non-hydrogen) atoms. The van der Waals surface area contributed by atoms with Crippen molar-refractivity contribution >= 4 is 32.9 Å². The average molecular weight is 382 g/mol. The molecule has 3 rings (SSSR count). The number of hydrogen-bond acceptors (Lipinski definition) is 5. The van der Waals surface area contributed by atoms with Gasteiger partial charge in [-0.2, -0.15) is 0 Å². The average Bonchev–Trinajstić information content (AvgIpc) is 2.56. The van der Waals surface area contributed by atoms with Gasteiger partial charge in [0.2, 0.25) is 15.6 Å². The van der Waals surface area contributed by atoms with Crippen LogP contribution in [-0.2, 0) is 9.84 Å². The lowest BCUT2D eigenvalue weighted by molar-refractivity contribution is 0.104. The standard InChI is InChI=1S/C17H13ClFNO4S/c1-9-17(16(21)10-3-5-12(24-2)6-4-10)25(22,23)14-8-11(19)7-13(18)15(14)20-9/h3-8,20H,1-2H3. The Labute approximate surface area is 149 Å². The molecule has 0 fully saturated rings.